The van der Waals surface area contributed by atoms with Crippen LogP contribution in [0, 0.1) is 0 Å². The van der Waals surface area contributed by atoms with Crippen LogP contribution in [0.15, 0.2) is 97.1 Å². The van der Waals surface area contributed by atoms with Crippen LogP contribution in [-0.4, -0.2) is 24.0 Å². The van der Waals surface area contributed by atoms with Crippen LogP contribution >= 0.6 is 0 Å². The lowest BCUT2D eigenvalue weighted by molar-refractivity contribution is -0.207. The highest BCUT2D eigenvalue weighted by Gasteiger charge is 2.42. The third-order valence-electron chi connectivity index (χ3n) is 6.69. The van der Waals surface area contributed by atoms with E-state index in [1.54, 1.807) is 72.8 Å². The summed E-state index contributed by atoms with van der Waals surface area (Å²) in [4.78, 5) is 41.6. The number of anilines is 1. The number of ether oxygens (including phenoxy) is 1. The molecule has 0 fully saturated rings. The average Bonchev–Trinajstić information content (AvgIpc) is 3.05. The van der Waals surface area contributed by atoms with Crippen molar-refractivity contribution < 1.29 is 50.3 Å². The summed E-state index contributed by atoms with van der Waals surface area (Å²) in [5, 5.41) is 0. The Hall–Kier alpha value is -5.37. The molecule has 2 amide bonds. The minimum Gasteiger partial charge on any atom is -0.455 e. The fraction of sp³-hybridized carbons (Fsp3) is 0.182. The van der Waals surface area contributed by atoms with E-state index in [0.717, 1.165) is 17.7 Å². The van der Waals surface area contributed by atoms with Gasteiger partial charge in [0, 0.05) is 19.4 Å². The zero-order valence-electron chi connectivity index (χ0n) is 24.4. The molecule has 4 aromatic rings. The fourth-order valence-corrected chi connectivity index (χ4v) is 4.36. The summed E-state index contributed by atoms with van der Waals surface area (Å²) >= 11 is 0. The van der Waals surface area contributed by atoms with E-state index < -0.39 is 48.5 Å². The van der Waals surface area contributed by atoms with Crippen molar-refractivity contribution in [3.8, 4) is 22.6 Å². The lowest BCUT2D eigenvalue weighted by atomic mass is 10.0. The monoisotopic (exact) mass is 659 g/mol. The molecule has 0 aromatic heterocycles. The molecule has 0 radical (unpaired) electrons. The predicted molar refractivity (Wildman–Crippen MR) is 158 cm³/mol. The van der Waals surface area contributed by atoms with Gasteiger partial charge in [0.15, 0.2) is 5.75 Å². The Balaban J connectivity index is 1.59. The van der Waals surface area contributed by atoms with E-state index in [2.05, 4.69) is 4.84 Å². The molecule has 14 heteroatoms. The van der Waals surface area contributed by atoms with E-state index in [0.29, 0.717) is 22.4 Å². The third-order valence-corrected chi connectivity index (χ3v) is 6.69. The zero-order chi connectivity index (χ0) is 34.2. The molecule has 0 unspecified atom stereocenters. The number of hydroxylamine groups is 1. The first-order valence-electron chi connectivity index (χ1n) is 13.9. The SMILES string of the molecule is NCc1cccc(Oc2ccccc2N(Cc2ccc(-c3cccc(C(F)(F)F)c3)cc2)C(=O)CCC(=O)NOC(=O)C(F)(F)F)c1. The van der Waals surface area contributed by atoms with Gasteiger partial charge in [-0.3, -0.25) is 9.59 Å². The zero-order valence-corrected chi connectivity index (χ0v) is 24.4. The van der Waals surface area contributed by atoms with Crippen molar-refractivity contribution in [2.45, 2.75) is 38.3 Å². The summed E-state index contributed by atoms with van der Waals surface area (Å²) < 4.78 is 82.9. The lowest BCUT2D eigenvalue weighted by Gasteiger charge is -2.25. The van der Waals surface area contributed by atoms with Gasteiger partial charge in [-0.2, -0.15) is 31.8 Å². The summed E-state index contributed by atoms with van der Waals surface area (Å²) in [6, 6.07) is 24.7. The van der Waals surface area contributed by atoms with Crippen molar-refractivity contribution in [2.75, 3.05) is 4.90 Å². The van der Waals surface area contributed by atoms with Crippen LogP contribution in [0.2, 0.25) is 0 Å². The molecule has 0 atom stereocenters. The van der Waals surface area contributed by atoms with E-state index >= 15 is 0 Å². The highest BCUT2D eigenvalue weighted by Crippen LogP contribution is 2.35. The number of nitrogens with two attached hydrogens (primary N) is 1. The van der Waals surface area contributed by atoms with Crippen molar-refractivity contribution in [3.63, 3.8) is 0 Å². The second-order valence-corrected chi connectivity index (χ2v) is 10.1. The molecule has 0 aliphatic heterocycles. The van der Waals surface area contributed by atoms with Gasteiger partial charge < -0.3 is 20.2 Å². The number of benzene rings is 4. The second-order valence-electron chi connectivity index (χ2n) is 10.1. The standard InChI is InChI=1S/C33H27F6N3O5/c34-32(35,36)25-7-4-6-24(18-25)23-13-11-21(12-14-23)20-42(30(44)16-15-29(43)41-47-31(45)33(37,38)39)27-9-1-2-10-28(27)46-26-8-3-5-22(17-26)19-40/h1-14,17-18H,15-16,19-20,40H2,(H,41,43). The van der Waals surface area contributed by atoms with E-state index in [4.69, 9.17) is 10.5 Å². The molecule has 246 valence electrons. The number of amides is 2. The number of halogens is 6. The van der Waals surface area contributed by atoms with Crippen LogP contribution in [-0.2, 0) is 38.5 Å². The number of para-hydroxylation sites is 2. The number of carbonyl (C=O) groups excluding carboxylic acids is 3. The molecule has 8 nitrogen and oxygen atoms in total. The highest BCUT2D eigenvalue weighted by molar-refractivity contribution is 5.96. The molecule has 0 bridgehead atoms. The van der Waals surface area contributed by atoms with Gasteiger partial charge in [0.05, 0.1) is 17.8 Å². The van der Waals surface area contributed by atoms with Crippen LogP contribution in [0.4, 0.5) is 32.0 Å². The van der Waals surface area contributed by atoms with Crippen LogP contribution in [0.3, 0.4) is 0 Å². The maximum absolute atomic E-state index is 13.6. The largest absolute Gasteiger partial charge is 0.493 e. The minimum absolute atomic E-state index is 0.0877. The first kappa shape index (κ1) is 34.5. The number of hydrogen-bond acceptors (Lipinski definition) is 6. The van der Waals surface area contributed by atoms with Gasteiger partial charge >= 0.3 is 18.3 Å². The summed E-state index contributed by atoms with van der Waals surface area (Å²) in [5.74, 6) is -3.75. The first-order chi connectivity index (χ1) is 22.2. The Bertz CT molecular complexity index is 1730. The minimum atomic E-state index is -5.33. The first-order valence-corrected chi connectivity index (χ1v) is 13.9. The smallest absolute Gasteiger partial charge is 0.455 e. The Morgan fingerprint density at radius 3 is 2.13 bits per heavy atom. The molecule has 0 saturated heterocycles. The number of nitrogens with zero attached hydrogens (tertiary/aromatic N) is 1. The van der Waals surface area contributed by atoms with E-state index in [1.807, 2.05) is 0 Å². The molecule has 4 aromatic carbocycles. The van der Waals surface area contributed by atoms with Crippen LogP contribution < -0.4 is 20.9 Å². The third kappa shape index (κ3) is 9.56. The fourth-order valence-electron chi connectivity index (χ4n) is 4.36. The summed E-state index contributed by atoms with van der Waals surface area (Å²) in [6.07, 6.45) is -11.0. The molecular formula is C33H27F6N3O5. The lowest BCUT2D eigenvalue weighted by Crippen LogP contribution is -2.36. The highest BCUT2D eigenvalue weighted by atomic mass is 19.4. The summed E-state index contributed by atoms with van der Waals surface area (Å²) in [5.41, 5.74) is 8.74. The van der Waals surface area contributed by atoms with Crippen molar-refractivity contribution in [1.29, 1.82) is 0 Å². The van der Waals surface area contributed by atoms with Crippen molar-refractivity contribution in [2.24, 2.45) is 5.73 Å². The number of carbonyl (C=O) groups is 3. The van der Waals surface area contributed by atoms with Gasteiger partial charge in [-0.05, 0) is 58.7 Å². The molecule has 47 heavy (non-hydrogen) atoms. The molecule has 0 aliphatic carbocycles. The van der Waals surface area contributed by atoms with Crippen LogP contribution in [0.1, 0.15) is 29.5 Å². The molecule has 0 saturated carbocycles. The number of alkyl halides is 6. The Kier molecular flexibility index (Phi) is 10.9. The van der Waals surface area contributed by atoms with Gasteiger partial charge in [-0.1, -0.05) is 60.7 Å². The number of rotatable bonds is 10. The molecule has 3 N–H and O–H groups in total. The van der Waals surface area contributed by atoms with Crippen molar-refractivity contribution >= 4 is 23.5 Å². The Labute approximate surface area is 264 Å². The van der Waals surface area contributed by atoms with E-state index in [9.17, 15) is 40.7 Å². The summed E-state index contributed by atoms with van der Waals surface area (Å²) in [7, 11) is 0. The van der Waals surface area contributed by atoms with E-state index in [1.165, 1.54) is 22.5 Å². The van der Waals surface area contributed by atoms with Crippen molar-refractivity contribution in [1.82, 2.24) is 5.48 Å². The Morgan fingerprint density at radius 2 is 1.45 bits per heavy atom. The topological polar surface area (TPSA) is 111 Å². The maximum atomic E-state index is 13.6. The predicted octanol–water partition coefficient (Wildman–Crippen LogP) is 7.07. The van der Waals surface area contributed by atoms with Gasteiger partial charge in [0.1, 0.15) is 5.75 Å². The quantitative estimate of drug-likeness (QED) is 0.139. The number of nitrogens with one attached hydrogen (secondary N) is 1. The molecule has 0 aliphatic rings. The maximum Gasteiger partial charge on any atom is 0.493 e. The molecule has 4 rings (SSSR count). The average molecular weight is 660 g/mol. The molecular weight excluding hydrogens is 632 g/mol. The van der Waals surface area contributed by atoms with Gasteiger partial charge in [0.25, 0.3) is 5.91 Å². The normalized spacial score (nSPS) is 11.5. The van der Waals surface area contributed by atoms with Gasteiger partial charge in [-0.15, -0.1) is 0 Å². The second kappa shape index (κ2) is 14.8. The van der Waals surface area contributed by atoms with Gasteiger partial charge in [-0.25, -0.2) is 4.79 Å². The van der Waals surface area contributed by atoms with E-state index in [-0.39, 0.29) is 24.5 Å². The van der Waals surface area contributed by atoms with Crippen molar-refractivity contribution in [3.05, 3.63) is 114 Å². The van der Waals surface area contributed by atoms with Crippen LogP contribution in [0.5, 0.6) is 11.5 Å². The summed E-state index contributed by atoms with van der Waals surface area (Å²) in [6.45, 7) is 0.163. The Morgan fingerprint density at radius 1 is 0.745 bits per heavy atom. The molecule has 0 heterocycles. The van der Waals surface area contributed by atoms with Crippen LogP contribution in [0.25, 0.3) is 11.1 Å². The molecule has 0 spiro atoms. The number of hydrogen-bond donors (Lipinski definition) is 2. The van der Waals surface area contributed by atoms with Gasteiger partial charge in [0.2, 0.25) is 5.91 Å².